The monoisotopic (exact) mass is 237 g/mol. The van der Waals surface area contributed by atoms with Crippen molar-refractivity contribution in [3.05, 3.63) is 17.5 Å². The smallest absolute Gasteiger partial charge is 1.00 e. The van der Waals surface area contributed by atoms with E-state index in [1.807, 2.05) is 25.3 Å². The minimum Gasteiger partial charge on any atom is -1.00 e. The van der Waals surface area contributed by atoms with E-state index in [0.29, 0.717) is 17.4 Å². The predicted octanol–water partition coefficient (Wildman–Crippen LogP) is -0.857. The molecule has 0 aliphatic rings. The molecule has 0 fully saturated rings. The summed E-state index contributed by atoms with van der Waals surface area (Å²) in [5, 5.41) is 2.46. The molecular formula is C10H16NNaO2S. The van der Waals surface area contributed by atoms with E-state index in [0.717, 1.165) is 0 Å². The third-order valence-corrected chi connectivity index (χ3v) is 2.47. The molecule has 0 unspecified atom stereocenters. The van der Waals surface area contributed by atoms with E-state index in [2.05, 4.69) is 0 Å². The topological polar surface area (TPSA) is 52.3 Å². The molecule has 5 heteroatoms. The van der Waals surface area contributed by atoms with E-state index in [9.17, 15) is 4.79 Å². The summed E-state index contributed by atoms with van der Waals surface area (Å²) in [5.41, 5.74) is 5.66. The minimum atomic E-state index is -0.517. The number of hydrogen-bond acceptors (Lipinski definition) is 4. The summed E-state index contributed by atoms with van der Waals surface area (Å²) in [5.74, 6) is 0.0574. The summed E-state index contributed by atoms with van der Waals surface area (Å²) in [6.45, 7) is 4.05. The molecule has 1 rings (SSSR count). The zero-order chi connectivity index (χ0) is 10.6. The Morgan fingerprint density at radius 1 is 1.67 bits per heavy atom. The molecule has 1 heterocycles. The van der Waals surface area contributed by atoms with Crippen molar-refractivity contribution in [1.29, 1.82) is 0 Å². The first-order valence-corrected chi connectivity index (χ1v) is 5.48. The van der Waals surface area contributed by atoms with Gasteiger partial charge in [0.05, 0.1) is 0 Å². The Labute approximate surface area is 118 Å². The molecule has 0 amide bonds. The molecular weight excluding hydrogens is 221 g/mol. The molecule has 0 aromatic carbocycles. The summed E-state index contributed by atoms with van der Waals surface area (Å²) < 4.78 is 5.07. The zero-order valence-electron chi connectivity index (χ0n) is 10.4. The van der Waals surface area contributed by atoms with Crippen LogP contribution in [0.3, 0.4) is 0 Å². The molecule has 0 radical (unpaired) electrons. The molecule has 0 aliphatic carbocycles. The van der Waals surface area contributed by atoms with Gasteiger partial charge in [-0.1, -0.05) is 13.8 Å². The number of esters is 1. The molecule has 1 aromatic heterocycles. The second kappa shape index (κ2) is 7.41. The summed E-state index contributed by atoms with van der Waals surface area (Å²) >= 11 is 1.39. The van der Waals surface area contributed by atoms with Gasteiger partial charge >= 0.3 is 35.5 Å². The van der Waals surface area contributed by atoms with Crippen LogP contribution in [-0.4, -0.2) is 12.0 Å². The SMILES string of the molecule is CC(C)C[C@H](N)C(=O)Oc1cccs1.[H-].[Na+]. The minimum absolute atomic E-state index is 0. The van der Waals surface area contributed by atoms with Crippen molar-refractivity contribution >= 4 is 17.3 Å². The first-order valence-electron chi connectivity index (χ1n) is 4.60. The summed E-state index contributed by atoms with van der Waals surface area (Å²) in [4.78, 5) is 11.4. The van der Waals surface area contributed by atoms with Crippen molar-refractivity contribution in [3.63, 3.8) is 0 Å². The van der Waals surface area contributed by atoms with Crippen molar-refractivity contribution in [1.82, 2.24) is 0 Å². The Morgan fingerprint density at radius 2 is 2.33 bits per heavy atom. The van der Waals surface area contributed by atoms with Crippen LogP contribution in [-0.2, 0) is 4.79 Å². The quantitative estimate of drug-likeness (QED) is 0.548. The maximum Gasteiger partial charge on any atom is 1.00 e. The van der Waals surface area contributed by atoms with E-state index >= 15 is 0 Å². The second-order valence-corrected chi connectivity index (χ2v) is 4.50. The Balaban J connectivity index is 0. The van der Waals surface area contributed by atoms with E-state index < -0.39 is 6.04 Å². The summed E-state index contributed by atoms with van der Waals surface area (Å²) in [6, 6.07) is 3.07. The third kappa shape index (κ3) is 5.68. The summed E-state index contributed by atoms with van der Waals surface area (Å²) in [6.07, 6.45) is 0.657. The van der Waals surface area contributed by atoms with Crippen LogP contribution in [0, 0.1) is 5.92 Å². The fourth-order valence-corrected chi connectivity index (χ4v) is 1.68. The van der Waals surface area contributed by atoms with Gasteiger partial charge in [-0.05, 0) is 29.9 Å². The summed E-state index contributed by atoms with van der Waals surface area (Å²) in [7, 11) is 0. The van der Waals surface area contributed by atoms with E-state index in [1.54, 1.807) is 6.07 Å². The fourth-order valence-electron chi connectivity index (χ4n) is 1.10. The van der Waals surface area contributed by atoms with Crippen LogP contribution < -0.4 is 40.0 Å². The standard InChI is InChI=1S/C10H15NO2S.Na.H/c1-7(2)6-8(11)10(12)13-9-4-3-5-14-9;;/h3-5,7-8H,6,11H2,1-2H3;;/q;+1;-1/t8-;;/m0../s1. The van der Waals surface area contributed by atoms with Crippen LogP contribution in [0.25, 0.3) is 0 Å². The molecule has 1 aromatic rings. The molecule has 15 heavy (non-hydrogen) atoms. The molecule has 1 atom stereocenters. The van der Waals surface area contributed by atoms with Gasteiger partial charge in [0.2, 0.25) is 0 Å². The van der Waals surface area contributed by atoms with E-state index in [4.69, 9.17) is 10.5 Å². The van der Waals surface area contributed by atoms with Crippen LogP contribution >= 0.6 is 11.3 Å². The van der Waals surface area contributed by atoms with E-state index in [1.165, 1.54) is 11.3 Å². The van der Waals surface area contributed by atoms with Crippen molar-refractivity contribution < 1.29 is 40.5 Å². The van der Waals surface area contributed by atoms with Gasteiger partial charge in [-0.15, -0.1) is 11.3 Å². The van der Waals surface area contributed by atoms with Crippen LogP contribution in [0.15, 0.2) is 17.5 Å². The Morgan fingerprint density at radius 3 is 2.80 bits per heavy atom. The molecule has 3 nitrogen and oxygen atoms in total. The van der Waals surface area contributed by atoms with Crippen molar-refractivity contribution in [2.75, 3.05) is 0 Å². The van der Waals surface area contributed by atoms with Crippen molar-refractivity contribution in [3.8, 4) is 5.06 Å². The molecule has 0 aliphatic heterocycles. The molecule has 2 N–H and O–H groups in total. The zero-order valence-corrected chi connectivity index (χ0v) is 12.2. The molecule has 0 saturated heterocycles. The number of rotatable bonds is 4. The number of nitrogens with two attached hydrogens (primary N) is 1. The van der Waals surface area contributed by atoms with Gasteiger partial charge in [-0.3, -0.25) is 0 Å². The first kappa shape index (κ1) is 15.1. The maximum absolute atomic E-state index is 11.4. The molecule has 0 saturated carbocycles. The Bertz CT molecular complexity index is 293. The van der Waals surface area contributed by atoms with Gasteiger partial charge in [0, 0.05) is 0 Å². The molecule has 80 valence electrons. The van der Waals surface area contributed by atoms with Gasteiger partial charge in [-0.25, -0.2) is 4.79 Å². The van der Waals surface area contributed by atoms with Crippen LogP contribution in [0.5, 0.6) is 5.06 Å². The number of hydrogen-bond donors (Lipinski definition) is 1. The number of carbonyl (C=O) groups excluding carboxylic acids is 1. The first-order chi connectivity index (χ1) is 6.59. The fraction of sp³-hybridized carbons (Fsp3) is 0.500. The second-order valence-electron chi connectivity index (χ2n) is 3.59. The van der Waals surface area contributed by atoms with Gasteiger partial charge in [0.15, 0.2) is 5.06 Å². The number of ether oxygens (including phenoxy) is 1. The normalized spacial score (nSPS) is 12.0. The molecule has 0 bridgehead atoms. The van der Waals surface area contributed by atoms with Crippen LogP contribution in [0.4, 0.5) is 0 Å². The van der Waals surface area contributed by atoms with Crippen molar-refractivity contribution in [2.45, 2.75) is 26.3 Å². The van der Waals surface area contributed by atoms with Gasteiger partial charge in [0.25, 0.3) is 0 Å². The van der Waals surface area contributed by atoms with Crippen LogP contribution in [0.2, 0.25) is 0 Å². The van der Waals surface area contributed by atoms with Gasteiger partial charge in [0.1, 0.15) is 6.04 Å². The average molecular weight is 237 g/mol. The van der Waals surface area contributed by atoms with Gasteiger partial charge < -0.3 is 11.9 Å². The van der Waals surface area contributed by atoms with Gasteiger partial charge in [-0.2, -0.15) is 0 Å². The number of carbonyl (C=O) groups is 1. The Kier molecular flexibility index (Phi) is 7.48. The maximum atomic E-state index is 11.4. The predicted molar refractivity (Wildman–Crippen MR) is 58.5 cm³/mol. The Hall–Kier alpha value is 0.130. The van der Waals surface area contributed by atoms with E-state index in [-0.39, 0.29) is 37.0 Å². The largest absolute Gasteiger partial charge is 1.00 e. The molecule has 0 spiro atoms. The van der Waals surface area contributed by atoms with Crippen LogP contribution in [0.1, 0.15) is 21.7 Å². The van der Waals surface area contributed by atoms with Crippen molar-refractivity contribution in [2.24, 2.45) is 11.7 Å². The average Bonchev–Trinajstić information content (AvgIpc) is 2.55. The number of thiophene rings is 1. The third-order valence-electron chi connectivity index (χ3n) is 1.72.